The number of thiophene rings is 1. The fourth-order valence-electron chi connectivity index (χ4n) is 1.36. The molecular weight excluding hydrogens is 294 g/mol. The third-order valence-corrected chi connectivity index (χ3v) is 5.30. The zero-order valence-electron chi connectivity index (χ0n) is 8.32. The van der Waals surface area contributed by atoms with Crippen molar-refractivity contribution in [1.29, 1.82) is 0 Å². The number of aliphatic hydroxyl groups is 1. The summed E-state index contributed by atoms with van der Waals surface area (Å²) in [6.45, 7) is 3.84. The Morgan fingerprint density at radius 3 is 2.67 bits per heavy atom. The van der Waals surface area contributed by atoms with Crippen LogP contribution in [0.15, 0.2) is 22.2 Å². The summed E-state index contributed by atoms with van der Waals surface area (Å²) in [4.78, 5) is 7.10. The largest absolute Gasteiger partial charge is 0.379 e. The van der Waals surface area contributed by atoms with Crippen molar-refractivity contribution in [3.63, 3.8) is 0 Å². The summed E-state index contributed by atoms with van der Waals surface area (Å²) in [5, 5.41) is 10.5. The van der Waals surface area contributed by atoms with Gasteiger partial charge in [-0.2, -0.15) is 0 Å². The lowest BCUT2D eigenvalue weighted by atomic mass is 10.0. The summed E-state index contributed by atoms with van der Waals surface area (Å²) in [5.41, 5.74) is 0.785. The summed E-state index contributed by atoms with van der Waals surface area (Å²) in [5.74, 6) is 0. The maximum absolute atomic E-state index is 10.5. The Hall–Kier alpha value is -0.230. The minimum absolute atomic E-state index is 0.726. The number of rotatable bonds is 2. The Balaban J connectivity index is 2.47. The standard InChI is InChI=1S/C10H10BrNOS2/c1-6-3-4-7(15-6)10(2,13)8-9(11)12-5-14-8/h3-5,13H,1-2H3. The molecule has 1 N–H and O–H groups in total. The molecule has 2 aromatic heterocycles. The van der Waals surface area contributed by atoms with Gasteiger partial charge in [0.1, 0.15) is 10.2 Å². The summed E-state index contributed by atoms with van der Waals surface area (Å²) in [6, 6.07) is 3.98. The number of halogens is 1. The minimum atomic E-state index is -0.946. The number of thiazole rings is 1. The molecule has 5 heteroatoms. The summed E-state index contributed by atoms with van der Waals surface area (Å²) in [7, 11) is 0. The van der Waals surface area contributed by atoms with Gasteiger partial charge in [0.2, 0.25) is 0 Å². The Bertz CT molecular complexity index is 475. The van der Waals surface area contributed by atoms with Gasteiger partial charge >= 0.3 is 0 Å². The first-order chi connectivity index (χ1) is 7.01. The van der Waals surface area contributed by atoms with E-state index in [4.69, 9.17) is 0 Å². The number of hydrogen-bond acceptors (Lipinski definition) is 4. The first-order valence-corrected chi connectivity index (χ1v) is 6.89. The summed E-state index contributed by atoms with van der Waals surface area (Å²) < 4.78 is 0.726. The molecule has 80 valence electrons. The molecule has 0 aliphatic heterocycles. The zero-order valence-corrected chi connectivity index (χ0v) is 11.5. The van der Waals surface area contributed by atoms with Gasteiger partial charge in [-0.1, -0.05) is 0 Å². The van der Waals surface area contributed by atoms with E-state index in [1.54, 1.807) is 23.8 Å². The van der Waals surface area contributed by atoms with Gasteiger partial charge in [-0.15, -0.1) is 22.7 Å². The molecule has 2 heterocycles. The molecule has 2 rings (SSSR count). The lowest BCUT2D eigenvalue weighted by molar-refractivity contribution is 0.109. The lowest BCUT2D eigenvalue weighted by Crippen LogP contribution is -2.20. The predicted octanol–water partition coefficient (Wildman–Crippen LogP) is 3.53. The van der Waals surface area contributed by atoms with Crippen LogP contribution in [0.1, 0.15) is 21.6 Å². The van der Waals surface area contributed by atoms with E-state index in [0.29, 0.717) is 0 Å². The third-order valence-electron chi connectivity index (χ3n) is 2.19. The maximum atomic E-state index is 10.5. The first kappa shape index (κ1) is 11.3. The van der Waals surface area contributed by atoms with Crippen LogP contribution >= 0.6 is 38.6 Å². The Morgan fingerprint density at radius 1 is 1.47 bits per heavy atom. The first-order valence-electron chi connectivity index (χ1n) is 4.40. The topological polar surface area (TPSA) is 33.1 Å². The van der Waals surface area contributed by atoms with Crippen LogP contribution in [0, 0.1) is 6.92 Å². The molecule has 0 radical (unpaired) electrons. The molecule has 1 atom stereocenters. The van der Waals surface area contributed by atoms with Crippen LogP contribution in [0.2, 0.25) is 0 Å². The van der Waals surface area contributed by atoms with E-state index < -0.39 is 5.60 Å². The average molecular weight is 304 g/mol. The molecule has 0 amide bonds. The highest BCUT2D eigenvalue weighted by Crippen LogP contribution is 2.39. The summed E-state index contributed by atoms with van der Waals surface area (Å²) >= 11 is 6.42. The van der Waals surface area contributed by atoms with Crippen molar-refractivity contribution in [1.82, 2.24) is 4.98 Å². The van der Waals surface area contributed by atoms with Crippen LogP contribution < -0.4 is 0 Å². The van der Waals surface area contributed by atoms with Gasteiger partial charge in [0.15, 0.2) is 0 Å². The van der Waals surface area contributed by atoms with Gasteiger partial charge in [-0.3, -0.25) is 0 Å². The number of aryl methyl sites for hydroxylation is 1. The van der Waals surface area contributed by atoms with Crippen molar-refractivity contribution >= 4 is 38.6 Å². The highest BCUT2D eigenvalue weighted by atomic mass is 79.9. The lowest BCUT2D eigenvalue weighted by Gasteiger charge is -2.20. The van der Waals surface area contributed by atoms with E-state index >= 15 is 0 Å². The second-order valence-electron chi connectivity index (χ2n) is 3.45. The van der Waals surface area contributed by atoms with Crippen molar-refractivity contribution in [3.8, 4) is 0 Å². The van der Waals surface area contributed by atoms with Crippen LogP contribution in [0.3, 0.4) is 0 Å². The van der Waals surface area contributed by atoms with Gasteiger partial charge in [-0.05, 0) is 41.9 Å². The summed E-state index contributed by atoms with van der Waals surface area (Å²) in [6.07, 6.45) is 0. The van der Waals surface area contributed by atoms with Crippen molar-refractivity contribution < 1.29 is 5.11 Å². The molecular formula is C10H10BrNOS2. The van der Waals surface area contributed by atoms with Crippen molar-refractivity contribution in [2.24, 2.45) is 0 Å². The Morgan fingerprint density at radius 2 is 2.20 bits per heavy atom. The predicted molar refractivity (Wildman–Crippen MR) is 67.5 cm³/mol. The number of nitrogens with zero attached hydrogens (tertiary/aromatic N) is 1. The van der Waals surface area contributed by atoms with Crippen LogP contribution in [0.5, 0.6) is 0 Å². The fraction of sp³-hybridized carbons (Fsp3) is 0.300. The van der Waals surface area contributed by atoms with Gasteiger partial charge in [0, 0.05) is 9.75 Å². The second kappa shape index (κ2) is 3.97. The molecule has 0 saturated heterocycles. The van der Waals surface area contributed by atoms with Crippen LogP contribution in [-0.4, -0.2) is 10.1 Å². The Labute approximate surface area is 105 Å². The van der Waals surface area contributed by atoms with E-state index in [0.717, 1.165) is 14.4 Å². The molecule has 2 nitrogen and oxygen atoms in total. The molecule has 0 fully saturated rings. The zero-order chi connectivity index (χ0) is 11.1. The van der Waals surface area contributed by atoms with Gasteiger partial charge < -0.3 is 5.11 Å². The molecule has 1 unspecified atom stereocenters. The highest BCUT2D eigenvalue weighted by molar-refractivity contribution is 9.10. The molecule has 0 aliphatic rings. The van der Waals surface area contributed by atoms with Gasteiger partial charge in [0.05, 0.1) is 10.4 Å². The third kappa shape index (κ3) is 2.01. The second-order valence-corrected chi connectivity index (χ2v) is 6.35. The molecule has 0 saturated carbocycles. The molecule has 0 bridgehead atoms. The molecule has 15 heavy (non-hydrogen) atoms. The highest BCUT2D eigenvalue weighted by Gasteiger charge is 2.31. The number of aromatic nitrogens is 1. The maximum Gasteiger partial charge on any atom is 0.133 e. The fourth-order valence-corrected chi connectivity index (χ4v) is 4.00. The molecule has 0 aromatic carbocycles. The van der Waals surface area contributed by atoms with Gasteiger partial charge in [-0.25, -0.2) is 4.98 Å². The van der Waals surface area contributed by atoms with Crippen molar-refractivity contribution in [2.45, 2.75) is 19.4 Å². The van der Waals surface area contributed by atoms with Crippen molar-refractivity contribution in [2.75, 3.05) is 0 Å². The Kier molecular flexibility index (Phi) is 2.98. The average Bonchev–Trinajstić information content (AvgIpc) is 2.74. The number of hydrogen-bond donors (Lipinski definition) is 1. The van der Waals surface area contributed by atoms with E-state index in [1.807, 2.05) is 19.1 Å². The van der Waals surface area contributed by atoms with E-state index in [-0.39, 0.29) is 0 Å². The van der Waals surface area contributed by atoms with E-state index in [2.05, 4.69) is 20.9 Å². The molecule has 2 aromatic rings. The minimum Gasteiger partial charge on any atom is -0.379 e. The van der Waals surface area contributed by atoms with Crippen LogP contribution in [0.4, 0.5) is 0 Å². The SMILES string of the molecule is Cc1ccc(C(C)(O)c2scnc2Br)s1. The molecule has 0 spiro atoms. The van der Waals surface area contributed by atoms with Crippen LogP contribution in [0.25, 0.3) is 0 Å². The van der Waals surface area contributed by atoms with Gasteiger partial charge in [0.25, 0.3) is 0 Å². The van der Waals surface area contributed by atoms with Crippen molar-refractivity contribution in [3.05, 3.63) is 36.9 Å². The normalized spacial score (nSPS) is 15.2. The molecule has 0 aliphatic carbocycles. The quantitative estimate of drug-likeness (QED) is 0.920. The van der Waals surface area contributed by atoms with Crippen LogP contribution in [-0.2, 0) is 5.60 Å². The monoisotopic (exact) mass is 303 g/mol. The van der Waals surface area contributed by atoms with E-state index in [9.17, 15) is 5.11 Å². The smallest absolute Gasteiger partial charge is 0.133 e. The van der Waals surface area contributed by atoms with E-state index in [1.165, 1.54) is 16.2 Å².